The third-order valence-corrected chi connectivity index (χ3v) is 8.30. The van der Waals surface area contributed by atoms with Crippen LogP contribution in [0.2, 0.25) is 0 Å². The zero-order valence-electron chi connectivity index (χ0n) is 20.0. The van der Waals surface area contributed by atoms with Crippen molar-refractivity contribution >= 4 is 18.0 Å². The van der Waals surface area contributed by atoms with Crippen LogP contribution in [0.15, 0.2) is 48.5 Å². The maximum absolute atomic E-state index is 12.7. The number of fused-ring (bicyclic) bond motifs is 6. The van der Waals surface area contributed by atoms with Gasteiger partial charge >= 0.3 is 12.1 Å². The molecule has 4 aliphatic rings. The van der Waals surface area contributed by atoms with Gasteiger partial charge in [-0.1, -0.05) is 48.5 Å². The van der Waals surface area contributed by atoms with Crippen molar-refractivity contribution in [3.8, 4) is 11.1 Å². The first kappa shape index (κ1) is 23.4. The number of ether oxygens (including phenoxy) is 1. The van der Waals surface area contributed by atoms with Crippen LogP contribution in [0, 0.1) is 5.41 Å². The molecule has 0 aliphatic heterocycles. The van der Waals surface area contributed by atoms with Crippen LogP contribution in [0.5, 0.6) is 0 Å². The zero-order valence-corrected chi connectivity index (χ0v) is 20.0. The lowest BCUT2D eigenvalue weighted by Gasteiger charge is -2.51. The number of carboxylic acid groups (broad SMARTS) is 1. The Hall–Kier alpha value is -3.35. The summed E-state index contributed by atoms with van der Waals surface area (Å²) in [7, 11) is 0. The Labute approximate surface area is 205 Å². The molecule has 0 aromatic heterocycles. The van der Waals surface area contributed by atoms with Gasteiger partial charge in [-0.25, -0.2) is 4.79 Å². The average Bonchev–Trinajstić information content (AvgIpc) is 3.17. The highest BCUT2D eigenvalue weighted by Gasteiger charge is 2.53. The van der Waals surface area contributed by atoms with E-state index in [0.717, 1.165) is 11.1 Å². The highest BCUT2D eigenvalue weighted by Crippen LogP contribution is 2.52. The molecule has 7 nitrogen and oxygen atoms in total. The smallest absolute Gasteiger partial charge is 0.407 e. The molecule has 4 aliphatic carbocycles. The van der Waals surface area contributed by atoms with E-state index in [1.54, 1.807) is 6.92 Å². The first-order valence-electron chi connectivity index (χ1n) is 12.5. The van der Waals surface area contributed by atoms with Gasteiger partial charge in [0.25, 0.3) is 0 Å². The van der Waals surface area contributed by atoms with Crippen LogP contribution >= 0.6 is 0 Å². The van der Waals surface area contributed by atoms with E-state index in [1.807, 2.05) is 24.3 Å². The normalized spacial score (nSPS) is 25.3. The van der Waals surface area contributed by atoms with Gasteiger partial charge in [-0.2, -0.15) is 0 Å². The highest BCUT2D eigenvalue weighted by molar-refractivity contribution is 5.80. The van der Waals surface area contributed by atoms with E-state index in [2.05, 4.69) is 34.9 Å². The van der Waals surface area contributed by atoms with Crippen LogP contribution < -0.4 is 10.6 Å². The Kier molecular flexibility index (Phi) is 6.03. The van der Waals surface area contributed by atoms with Gasteiger partial charge < -0.3 is 20.5 Å². The maximum atomic E-state index is 12.7. The first-order chi connectivity index (χ1) is 16.8. The average molecular weight is 477 g/mol. The summed E-state index contributed by atoms with van der Waals surface area (Å²) in [6.45, 7) is 2.02. The molecule has 3 fully saturated rings. The molecule has 3 saturated carbocycles. The number of hydrogen-bond acceptors (Lipinski definition) is 4. The number of rotatable bonds is 7. The predicted molar refractivity (Wildman–Crippen MR) is 131 cm³/mol. The second-order valence-electron chi connectivity index (χ2n) is 10.5. The topological polar surface area (TPSA) is 105 Å². The molecule has 184 valence electrons. The van der Waals surface area contributed by atoms with E-state index in [9.17, 15) is 19.5 Å². The Morgan fingerprint density at radius 2 is 1.49 bits per heavy atom. The van der Waals surface area contributed by atoms with Crippen molar-refractivity contribution in [1.29, 1.82) is 0 Å². The molecule has 0 saturated heterocycles. The van der Waals surface area contributed by atoms with E-state index in [-0.39, 0.29) is 36.4 Å². The van der Waals surface area contributed by atoms with E-state index < -0.39 is 17.5 Å². The molecule has 7 heteroatoms. The summed E-state index contributed by atoms with van der Waals surface area (Å²) in [6, 6.07) is 16.0. The van der Waals surface area contributed by atoms with Gasteiger partial charge in [-0.15, -0.1) is 0 Å². The van der Waals surface area contributed by atoms with E-state index in [1.165, 1.54) is 11.1 Å². The molecule has 1 atom stereocenters. The Balaban J connectivity index is 1.11. The van der Waals surface area contributed by atoms with Gasteiger partial charge in [0.1, 0.15) is 6.61 Å². The second kappa shape index (κ2) is 9.02. The highest BCUT2D eigenvalue weighted by atomic mass is 16.5. The number of hydrogen-bond donors (Lipinski definition) is 3. The van der Waals surface area contributed by atoms with E-state index in [0.29, 0.717) is 38.5 Å². The van der Waals surface area contributed by atoms with Gasteiger partial charge in [-0.3, -0.25) is 9.59 Å². The summed E-state index contributed by atoms with van der Waals surface area (Å²) in [6.07, 6.45) is 3.52. The van der Waals surface area contributed by atoms with Gasteiger partial charge in [-0.05, 0) is 67.7 Å². The number of carbonyl (C=O) groups is 3. The summed E-state index contributed by atoms with van der Waals surface area (Å²) in [4.78, 5) is 36.9. The molecule has 2 aromatic carbocycles. The van der Waals surface area contributed by atoms with Crippen molar-refractivity contribution in [2.75, 3.05) is 6.61 Å². The minimum Gasteiger partial charge on any atom is -0.481 e. The maximum Gasteiger partial charge on any atom is 0.407 e. The SMILES string of the molecule is CC(CC(=O)NC12CCC(C(=O)O)(CC1)CC2)NC(=O)OCC1c2ccccc2-c2ccccc21. The van der Waals surface area contributed by atoms with Crippen molar-refractivity contribution < 1.29 is 24.2 Å². The van der Waals surface area contributed by atoms with Crippen LogP contribution in [-0.4, -0.2) is 41.3 Å². The molecule has 3 N–H and O–H groups in total. The van der Waals surface area contributed by atoms with Gasteiger partial charge in [0, 0.05) is 23.9 Å². The lowest BCUT2D eigenvalue weighted by Crippen LogP contribution is -2.58. The molecule has 2 amide bonds. The lowest BCUT2D eigenvalue weighted by molar-refractivity contribution is -0.157. The zero-order chi connectivity index (χ0) is 24.6. The number of nitrogens with one attached hydrogen (secondary N) is 2. The van der Waals surface area contributed by atoms with E-state index in [4.69, 9.17) is 4.74 Å². The van der Waals surface area contributed by atoms with Gasteiger partial charge in [0.05, 0.1) is 5.41 Å². The van der Waals surface area contributed by atoms with Crippen LogP contribution in [0.3, 0.4) is 0 Å². The van der Waals surface area contributed by atoms with Crippen molar-refractivity contribution in [3.05, 3.63) is 59.7 Å². The molecular formula is C28H32N2O5. The molecule has 0 radical (unpaired) electrons. The van der Waals surface area contributed by atoms with E-state index >= 15 is 0 Å². The minimum atomic E-state index is -0.710. The predicted octanol–water partition coefficient (Wildman–Crippen LogP) is 4.60. The fourth-order valence-corrected chi connectivity index (χ4v) is 6.21. The number of aliphatic carboxylic acids is 1. The number of alkyl carbamates (subject to hydrolysis) is 1. The standard InChI is InChI=1S/C28H32N2O5/c1-18(16-24(31)30-28-13-10-27(11-14-28,12-15-28)25(32)33)29-26(34)35-17-23-21-8-4-2-6-19(21)20-7-3-5-9-22(20)23/h2-9,18,23H,10-17H2,1H3,(H,29,34)(H,30,31)(H,32,33). The Morgan fingerprint density at radius 1 is 0.943 bits per heavy atom. The summed E-state index contributed by atoms with van der Waals surface area (Å²) < 4.78 is 5.59. The molecular weight excluding hydrogens is 444 g/mol. The third-order valence-electron chi connectivity index (χ3n) is 8.30. The molecule has 35 heavy (non-hydrogen) atoms. The second-order valence-corrected chi connectivity index (χ2v) is 10.5. The van der Waals surface area contributed by atoms with Crippen LogP contribution in [0.1, 0.15) is 68.9 Å². The van der Waals surface area contributed by atoms with Crippen molar-refractivity contribution in [1.82, 2.24) is 10.6 Å². The number of carbonyl (C=O) groups excluding carboxylic acids is 2. The minimum absolute atomic E-state index is 0.0126. The number of benzene rings is 2. The molecule has 1 unspecified atom stereocenters. The van der Waals surface area contributed by atoms with Crippen LogP contribution in [0.4, 0.5) is 4.79 Å². The van der Waals surface area contributed by atoms with Crippen molar-refractivity contribution in [3.63, 3.8) is 0 Å². The summed E-state index contributed by atoms with van der Waals surface area (Å²) in [5.41, 5.74) is 3.74. The lowest BCUT2D eigenvalue weighted by atomic mass is 9.57. The quantitative estimate of drug-likeness (QED) is 0.542. The van der Waals surface area contributed by atoms with Crippen LogP contribution in [-0.2, 0) is 14.3 Å². The van der Waals surface area contributed by atoms with Gasteiger partial charge in [0.15, 0.2) is 0 Å². The molecule has 2 aromatic rings. The first-order valence-corrected chi connectivity index (χ1v) is 12.5. The van der Waals surface area contributed by atoms with Crippen molar-refractivity contribution in [2.45, 2.75) is 69.4 Å². The summed E-state index contributed by atoms with van der Waals surface area (Å²) in [5, 5.41) is 15.5. The summed E-state index contributed by atoms with van der Waals surface area (Å²) in [5.74, 6) is -0.847. The fourth-order valence-electron chi connectivity index (χ4n) is 6.21. The third kappa shape index (κ3) is 4.40. The monoisotopic (exact) mass is 476 g/mol. The van der Waals surface area contributed by atoms with Gasteiger partial charge in [0.2, 0.25) is 5.91 Å². The summed E-state index contributed by atoms with van der Waals surface area (Å²) >= 11 is 0. The number of carboxylic acids is 1. The largest absolute Gasteiger partial charge is 0.481 e. The Bertz CT molecular complexity index is 1090. The number of amides is 2. The molecule has 0 heterocycles. The molecule has 6 rings (SSSR count). The Morgan fingerprint density at radius 3 is 2.03 bits per heavy atom. The van der Waals surface area contributed by atoms with Crippen LogP contribution in [0.25, 0.3) is 11.1 Å². The molecule has 2 bridgehead atoms. The fraction of sp³-hybridized carbons (Fsp3) is 0.464. The van der Waals surface area contributed by atoms with Crippen molar-refractivity contribution in [2.24, 2.45) is 5.41 Å². The molecule has 0 spiro atoms.